The van der Waals surface area contributed by atoms with Crippen LogP contribution in [0.5, 0.6) is 0 Å². The Labute approximate surface area is 207 Å². The Balaban J connectivity index is 1.17. The molecule has 0 spiro atoms. The third-order valence-corrected chi connectivity index (χ3v) is 7.84. The van der Waals surface area contributed by atoms with Gasteiger partial charge in [-0.05, 0) is 44.1 Å². The van der Waals surface area contributed by atoms with Crippen LogP contribution < -0.4 is 5.32 Å². The maximum atomic E-state index is 13.2. The topological polar surface area (TPSA) is 87.7 Å². The Kier molecular flexibility index (Phi) is 7.11. The number of rotatable bonds is 7. The zero-order valence-electron chi connectivity index (χ0n) is 20.7. The van der Waals surface area contributed by atoms with E-state index in [4.69, 9.17) is 4.74 Å². The molecular formula is C27H35N5O3. The predicted octanol–water partition coefficient (Wildman–Crippen LogP) is 2.38. The number of nitrogens with one attached hydrogen (secondary N) is 1. The number of ether oxygens (including phenoxy) is 1. The van der Waals surface area contributed by atoms with Crippen LogP contribution in [0.25, 0.3) is 0 Å². The Morgan fingerprint density at radius 3 is 2.37 bits per heavy atom. The molecule has 3 unspecified atom stereocenters. The number of nitrogens with zero attached hydrogens (tertiary/aromatic N) is 4. The molecule has 3 aliphatic rings. The van der Waals surface area contributed by atoms with E-state index in [9.17, 15) is 9.59 Å². The van der Waals surface area contributed by atoms with Crippen molar-refractivity contribution in [3.8, 4) is 0 Å². The summed E-state index contributed by atoms with van der Waals surface area (Å²) in [6.07, 6.45) is 3.18. The first-order valence-corrected chi connectivity index (χ1v) is 12.7. The molecule has 8 heteroatoms. The van der Waals surface area contributed by atoms with Crippen molar-refractivity contribution in [1.82, 2.24) is 25.1 Å². The number of aryl methyl sites for hydroxylation is 2. The highest BCUT2D eigenvalue weighted by molar-refractivity contribution is 5.96. The van der Waals surface area contributed by atoms with Gasteiger partial charge < -0.3 is 19.9 Å². The van der Waals surface area contributed by atoms with E-state index in [0.29, 0.717) is 30.6 Å². The average Bonchev–Trinajstić information content (AvgIpc) is 3.59. The molecule has 3 aliphatic heterocycles. The van der Waals surface area contributed by atoms with E-state index in [1.54, 1.807) is 0 Å². The zero-order valence-corrected chi connectivity index (χ0v) is 20.7. The Bertz CT molecular complexity index is 1020. The number of carbonyl (C=O) groups excluding carboxylic acids is 2. The van der Waals surface area contributed by atoms with Gasteiger partial charge in [-0.15, -0.1) is 0 Å². The van der Waals surface area contributed by atoms with Gasteiger partial charge in [-0.25, -0.2) is 9.97 Å². The maximum absolute atomic E-state index is 13.2. The van der Waals surface area contributed by atoms with Gasteiger partial charge in [-0.2, -0.15) is 0 Å². The van der Waals surface area contributed by atoms with E-state index in [2.05, 4.69) is 32.3 Å². The highest BCUT2D eigenvalue weighted by Gasteiger charge is 2.42. The molecule has 3 saturated heterocycles. The van der Waals surface area contributed by atoms with Crippen molar-refractivity contribution in [3.05, 3.63) is 59.2 Å². The smallest absolute Gasteiger partial charge is 0.257 e. The van der Waals surface area contributed by atoms with Crippen molar-refractivity contribution in [2.24, 2.45) is 17.8 Å². The molecule has 2 aromatic rings. The van der Waals surface area contributed by atoms with E-state index in [-0.39, 0.29) is 23.8 Å². The largest absolute Gasteiger partial charge is 0.381 e. The van der Waals surface area contributed by atoms with Crippen molar-refractivity contribution in [1.29, 1.82) is 0 Å². The van der Waals surface area contributed by atoms with Crippen LogP contribution in [0.1, 0.15) is 46.2 Å². The summed E-state index contributed by atoms with van der Waals surface area (Å²) in [5.41, 5.74) is 3.30. The Hall–Kier alpha value is -2.84. The molecule has 0 bridgehead atoms. The van der Waals surface area contributed by atoms with Gasteiger partial charge >= 0.3 is 0 Å². The molecule has 4 heterocycles. The molecule has 186 valence electrons. The van der Waals surface area contributed by atoms with E-state index in [0.717, 1.165) is 62.5 Å². The van der Waals surface area contributed by atoms with Crippen LogP contribution in [0, 0.1) is 31.6 Å². The molecule has 0 aliphatic carbocycles. The molecule has 4 atom stereocenters. The first-order valence-electron chi connectivity index (χ1n) is 12.7. The van der Waals surface area contributed by atoms with Crippen LogP contribution in [0.15, 0.2) is 36.7 Å². The molecule has 1 aromatic carbocycles. The summed E-state index contributed by atoms with van der Waals surface area (Å²) in [4.78, 5) is 38.9. The fourth-order valence-electron chi connectivity index (χ4n) is 5.85. The fourth-order valence-corrected chi connectivity index (χ4v) is 5.85. The van der Waals surface area contributed by atoms with E-state index >= 15 is 0 Å². The van der Waals surface area contributed by atoms with Crippen molar-refractivity contribution in [3.63, 3.8) is 0 Å². The van der Waals surface area contributed by atoms with Crippen molar-refractivity contribution < 1.29 is 14.3 Å². The lowest BCUT2D eigenvalue weighted by Crippen LogP contribution is -2.37. The second-order valence-corrected chi connectivity index (χ2v) is 10.2. The molecule has 0 radical (unpaired) electrons. The zero-order chi connectivity index (χ0) is 24.4. The number of fused-ring (bicyclic) bond motifs is 1. The number of carbonyl (C=O) groups is 2. The minimum Gasteiger partial charge on any atom is -0.381 e. The fraction of sp³-hybridized carbons (Fsp3) is 0.556. The second-order valence-electron chi connectivity index (χ2n) is 10.2. The SMILES string of the molecule is Cc1ncnc(C)c1C(=O)N1CC2CN(CCC(NC(=O)C3CCOC3)c3ccccc3)C[C@H]2C1. The average molecular weight is 478 g/mol. The number of benzene rings is 1. The summed E-state index contributed by atoms with van der Waals surface area (Å²) in [7, 11) is 0. The second kappa shape index (κ2) is 10.4. The summed E-state index contributed by atoms with van der Waals surface area (Å²) >= 11 is 0. The Morgan fingerprint density at radius 2 is 1.74 bits per heavy atom. The first-order chi connectivity index (χ1) is 17.0. The standard InChI is InChI=1S/C27H35N5O3/c1-18-25(19(2)29-17-28-18)27(34)32-14-22-12-31(13-23(22)15-32)10-8-24(20-6-4-3-5-7-20)30-26(33)21-9-11-35-16-21/h3-7,17,21-24H,8-16H2,1-2H3,(H,30,33)/t21?,22-,23?,24?/m0/s1. The number of hydrogen-bond donors (Lipinski definition) is 1. The van der Waals surface area contributed by atoms with Crippen LogP contribution in [0.2, 0.25) is 0 Å². The molecule has 1 N–H and O–H groups in total. The molecule has 0 saturated carbocycles. The third-order valence-electron chi connectivity index (χ3n) is 7.84. The summed E-state index contributed by atoms with van der Waals surface area (Å²) < 4.78 is 5.41. The van der Waals surface area contributed by atoms with Crippen molar-refractivity contribution in [2.45, 2.75) is 32.7 Å². The summed E-state index contributed by atoms with van der Waals surface area (Å²) in [6.45, 7) is 9.42. The van der Waals surface area contributed by atoms with Crippen LogP contribution in [-0.4, -0.2) is 77.5 Å². The molecule has 3 fully saturated rings. The number of aromatic nitrogens is 2. The van der Waals surface area contributed by atoms with E-state index in [1.165, 1.54) is 6.33 Å². The third kappa shape index (κ3) is 5.23. The van der Waals surface area contributed by atoms with Gasteiger partial charge in [0.15, 0.2) is 0 Å². The van der Waals surface area contributed by atoms with Crippen LogP contribution in [0.4, 0.5) is 0 Å². The number of hydrogen-bond acceptors (Lipinski definition) is 6. The minimum atomic E-state index is -0.0434. The number of amides is 2. The summed E-state index contributed by atoms with van der Waals surface area (Å²) in [5.74, 6) is 1.09. The van der Waals surface area contributed by atoms with E-state index in [1.807, 2.05) is 36.9 Å². The van der Waals surface area contributed by atoms with Gasteiger partial charge in [0.2, 0.25) is 5.91 Å². The van der Waals surface area contributed by atoms with Crippen LogP contribution in [-0.2, 0) is 9.53 Å². The lowest BCUT2D eigenvalue weighted by molar-refractivity contribution is -0.125. The Morgan fingerprint density at radius 1 is 1.06 bits per heavy atom. The van der Waals surface area contributed by atoms with Gasteiger partial charge in [-0.3, -0.25) is 9.59 Å². The quantitative estimate of drug-likeness (QED) is 0.659. The van der Waals surface area contributed by atoms with Crippen LogP contribution >= 0.6 is 0 Å². The molecule has 35 heavy (non-hydrogen) atoms. The van der Waals surface area contributed by atoms with Gasteiger partial charge in [0, 0.05) is 39.3 Å². The molecule has 8 nitrogen and oxygen atoms in total. The highest BCUT2D eigenvalue weighted by Crippen LogP contribution is 2.33. The van der Waals surface area contributed by atoms with E-state index < -0.39 is 0 Å². The first kappa shape index (κ1) is 23.9. The van der Waals surface area contributed by atoms with Crippen LogP contribution in [0.3, 0.4) is 0 Å². The monoisotopic (exact) mass is 477 g/mol. The predicted molar refractivity (Wildman–Crippen MR) is 132 cm³/mol. The molecule has 1 aromatic heterocycles. The summed E-state index contributed by atoms with van der Waals surface area (Å²) in [6, 6.07) is 10.2. The number of likely N-dealkylation sites (tertiary alicyclic amines) is 2. The molecular weight excluding hydrogens is 442 g/mol. The summed E-state index contributed by atoms with van der Waals surface area (Å²) in [5, 5.41) is 3.29. The highest BCUT2D eigenvalue weighted by atomic mass is 16.5. The van der Waals surface area contributed by atoms with Gasteiger partial charge in [0.25, 0.3) is 5.91 Å². The lowest BCUT2D eigenvalue weighted by Gasteiger charge is -2.25. The van der Waals surface area contributed by atoms with Crippen molar-refractivity contribution >= 4 is 11.8 Å². The van der Waals surface area contributed by atoms with Gasteiger partial charge in [0.1, 0.15) is 6.33 Å². The molecule has 2 amide bonds. The lowest BCUT2D eigenvalue weighted by atomic mass is 10.0. The minimum absolute atomic E-state index is 0.00755. The van der Waals surface area contributed by atoms with Crippen molar-refractivity contribution in [2.75, 3.05) is 45.9 Å². The van der Waals surface area contributed by atoms with Gasteiger partial charge in [0.05, 0.1) is 35.5 Å². The normalized spacial score (nSPS) is 25.0. The molecule has 5 rings (SSSR count). The van der Waals surface area contributed by atoms with Gasteiger partial charge in [-0.1, -0.05) is 30.3 Å². The maximum Gasteiger partial charge on any atom is 0.257 e.